The second-order valence-electron chi connectivity index (χ2n) is 4.52. The number of amides is 1. The summed E-state index contributed by atoms with van der Waals surface area (Å²) < 4.78 is 5.09. The van der Waals surface area contributed by atoms with Crippen LogP contribution in [-0.2, 0) is 9.53 Å². The van der Waals surface area contributed by atoms with Gasteiger partial charge in [-0.05, 0) is 5.92 Å². The Bertz CT molecular complexity index is 212. The molecule has 2 atom stereocenters. The minimum Gasteiger partial charge on any atom is -0.386 e. The molecule has 1 saturated heterocycles. The molecule has 0 aromatic heterocycles. The van der Waals surface area contributed by atoms with Crippen LogP contribution in [0.25, 0.3) is 0 Å². The van der Waals surface area contributed by atoms with Gasteiger partial charge in [-0.3, -0.25) is 4.79 Å². The fourth-order valence-electron chi connectivity index (χ4n) is 1.53. The van der Waals surface area contributed by atoms with E-state index in [1.807, 2.05) is 6.92 Å². The van der Waals surface area contributed by atoms with Gasteiger partial charge in [-0.2, -0.15) is 0 Å². The molecule has 1 amide bonds. The molecule has 0 spiro atoms. The van der Waals surface area contributed by atoms with Crippen molar-refractivity contribution < 1.29 is 14.6 Å². The summed E-state index contributed by atoms with van der Waals surface area (Å²) in [5.74, 6) is 0.421. The molecule has 1 fully saturated rings. The van der Waals surface area contributed by atoms with Crippen LogP contribution >= 0.6 is 0 Å². The van der Waals surface area contributed by atoms with Crippen LogP contribution in [0.3, 0.4) is 0 Å². The number of nitrogens with one attached hydrogen (secondary N) is 1. The van der Waals surface area contributed by atoms with E-state index >= 15 is 0 Å². The first-order valence-electron chi connectivity index (χ1n) is 5.62. The highest BCUT2D eigenvalue weighted by Gasteiger charge is 2.32. The van der Waals surface area contributed by atoms with E-state index < -0.39 is 5.60 Å². The van der Waals surface area contributed by atoms with Crippen LogP contribution in [0, 0.1) is 5.92 Å². The van der Waals surface area contributed by atoms with Gasteiger partial charge in [0.15, 0.2) is 0 Å². The Morgan fingerprint density at radius 1 is 1.67 bits per heavy atom. The lowest BCUT2D eigenvalue weighted by atomic mass is 10.0. The van der Waals surface area contributed by atoms with E-state index in [2.05, 4.69) is 12.2 Å². The topological polar surface area (TPSA) is 58.6 Å². The third-order valence-corrected chi connectivity index (χ3v) is 2.93. The fraction of sp³-hybridized carbons (Fsp3) is 0.909. The summed E-state index contributed by atoms with van der Waals surface area (Å²) in [5.41, 5.74) is -0.842. The predicted octanol–water partition coefficient (Wildman–Crippen LogP) is 0.690. The van der Waals surface area contributed by atoms with Gasteiger partial charge in [-0.25, -0.2) is 0 Å². The van der Waals surface area contributed by atoms with Crippen LogP contribution in [0.2, 0.25) is 0 Å². The molecule has 0 aromatic carbocycles. The summed E-state index contributed by atoms with van der Waals surface area (Å²) in [6.45, 7) is 5.33. The number of hydrogen-bond acceptors (Lipinski definition) is 3. The largest absolute Gasteiger partial charge is 0.386 e. The van der Waals surface area contributed by atoms with Gasteiger partial charge in [0, 0.05) is 26.0 Å². The number of aliphatic hydroxyl groups is 1. The van der Waals surface area contributed by atoms with E-state index in [0.717, 1.165) is 6.42 Å². The Morgan fingerprint density at radius 2 is 2.40 bits per heavy atom. The van der Waals surface area contributed by atoms with Crippen LogP contribution in [0.4, 0.5) is 0 Å². The van der Waals surface area contributed by atoms with Crippen molar-refractivity contribution in [2.45, 2.75) is 38.7 Å². The molecule has 15 heavy (non-hydrogen) atoms. The normalized spacial score (nSPS) is 27.7. The highest BCUT2D eigenvalue weighted by molar-refractivity contribution is 5.76. The standard InChI is InChI=1S/C11H21NO3/c1-3-9(2)6-10(13)12-7-11(14)4-5-15-8-11/h9,14H,3-8H2,1-2H3,(H,12,13). The van der Waals surface area contributed by atoms with Gasteiger partial charge >= 0.3 is 0 Å². The molecule has 0 radical (unpaired) electrons. The van der Waals surface area contributed by atoms with E-state index in [-0.39, 0.29) is 5.91 Å². The number of carbonyl (C=O) groups is 1. The number of rotatable bonds is 5. The summed E-state index contributed by atoms with van der Waals surface area (Å²) in [6.07, 6.45) is 2.14. The van der Waals surface area contributed by atoms with Crippen LogP contribution in [0.15, 0.2) is 0 Å². The van der Waals surface area contributed by atoms with Crippen LogP contribution in [0.1, 0.15) is 33.1 Å². The Hall–Kier alpha value is -0.610. The molecular weight excluding hydrogens is 194 g/mol. The second kappa shape index (κ2) is 5.47. The summed E-state index contributed by atoms with van der Waals surface area (Å²) in [7, 11) is 0. The molecular formula is C11H21NO3. The molecule has 4 nitrogen and oxygen atoms in total. The molecule has 1 heterocycles. The molecule has 1 aliphatic heterocycles. The first-order chi connectivity index (χ1) is 7.06. The third-order valence-electron chi connectivity index (χ3n) is 2.93. The first-order valence-corrected chi connectivity index (χ1v) is 5.62. The van der Waals surface area contributed by atoms with Crippen molar-refractivity contribution in [2.75, 3.05) is 19.8 Å². The SMILES string of the molecule is CCC(C)CC(=O)NCC1(O)CCOC1. The number of carbonyl (C=O) groups excluding carboxylic acids is 1. The van der Waals surface area contributed by atoms with E-state index in [1.54, 1.807) is 0 Å². The average Bonchev–Trinajstić information content (AvgIpc) is 2.63. The van der Waals surface area contributed by atoms with Crippen molar-refractivity contribution in [1.82, 2.24) is 5.32 Å². The maximum absolute atomic E-state index is 11.4. The predicted molar refractivity (Wildman–Crippen MR) is 57.5 cm³/mol. The quantitative estimate of drug-likeness (QED) is 0.709. The summed E-state index contributed by atoms with van der Waals surface area (Å²) in [6, 6.07) is 0. The zero-order valence-corrected chi connectivity index (χ0v) is 9.58. The van der Waals surface area contributed by atoms with Gasteiger partial charge in [0.2, 0.25) is 5.91 Å². The zero-order valence-electron chi connectivity index (χ0n) is 9.58. The fourth-order valence-corrected chi connectivity index (χ4v) is 1.53. The van der Waals surface area contributed by atoms with Crippen molar-refractivity contribution in [3.05, 3.63) is 0 Å². The van der Waals surface area contributed by atoms with Gasteiger partial charge in [0.25, 0.3) is 0 Å². The molecule has 88 valence electrons. The average molecular weight is 215 g/mol. The van der Waals surface area contributed by atoms with Gasteiger partial charge in [0.05, 0.1) is 6.61 Å². The molecule has 1 rings (SSSR count). The number of ether oxygens (including phenoxy) is 1. The van der Waals surface area contributed by atoms with E-state index in [9.17, 15) is 9.90 Å². The summed E-state index contributed by atoms with van der Waals surface area (Å²) in [4.78, 5) is 11.4. The van der Waals surface area contributed by atoms with E-state index in [0.29, 0.717) is 38.5 Å². The Balaban J connectivity index is 2.21. The minimum atomic E-state index is -0.842. The molecule has 0 saturated carbocycles. The van der Waals surface area contributed by atoms with Crippen molar-refractivity contribution in [2.24, 2.45) is 5.92 Å². The highest BCUT2D eigenvalue weighted by atomic mass is 16.5. The molecule has 2 unspecified atom stereocenters. The maximum Gasteiger partial charge on any atom is 0.220 e. The molecule has 0 aromatic rings. The van der Waals surface area contributed by atoms with Crippen molar-refractivity contribution in [3.8, 4) is 0 Å². The molecule has 2 N–H and O–H groups in total. The molecule has 1 aliphatic rings. The Labute approximate surface area is 91.0 Å². The lowest BCUT2D eigenvalue weighted by molar-refractivity contribution is -0.123. The van der Waals surface area contributed by atoms with Crippen LogP contribution < -0.4 is 5.32 Å². The molecule has 0 aliphatic carbocycles. The number of hydrogen-bond donors (Lipinski definition) is 2. The molecule has 4 heteroatoms. The Kier molecular flexibility index (Phi) is 4.54. The van der Waals surface area contributed by atoms with Gasteiger partial charge in [0.1, 0.15) is 5.60 Å². The van der Waals surface area contributed by atoms with Gasteiger partial charge in [-0.15, -0.1) is 0 Å². The van der Waals surface area contributed by atoms with Crippen molar-refractivity contribution >= 4 is 5.91 Å². The summed E-state index contributed by atoms with van der Waals surface area (Å²) >= 11 is 0. The lowest BCUT2D eigenvalue weighted by Crippen LogP contribution is -2.43. The Morgan fingerprint density at radius 3 is 2.93 bits per heavy atom. The van der Waals surface area contributed by atoms with Gasteiger partial charge < -0.3 is 15.2 Å². The summed E-state index contributed by atoms with van der Waals surface area (Å²) in [5, 5.41) is 12.7. The highest BCUT2D eigenvalue weighted by Crippen LogP contribution is 2.17. The minimum absolute atomic E-state index is 0.0182. The maximum atomic E-state index is 11.4. The van der Waals surface area contributed by atoms with Crippen LogP contribution in [0.5, 0.6) is 0 Å². The third kappa shape index (κ3) is 4.18. The molecule has 0 bridgehead atoms. The van der Waals surface area contributed by atoms with E-state index in [4.69, 9.17) is 4.74 Å². The zero-order chi connectivity index (χ0) is 11.3. The van der Waals surface area contributed by atoms with Gasteiger partial charge in [-0.1, -0.05) is 20.3 Å². The monoisotopic (exact) mass is 215 g/mol. The van der Waals surface area contributed by atoms with Crippen molar-refractivity contribution in [3.63, 3.8) is 0 Å². The first kappa shape index (κ1) is 12.5. The smallest absolute Gasteiger partial charge is 0.220 e. The van der Waals surface area contributed by atoms with Crippen LogP contribution in [-0.4, -0.2) is 36.4 Å². The lowest BCUT2D eigenvalue weighted by Gasteiger charge is -2.21. The van der Waals surface area contributed by atoms with E-state index in [1.165, 1.54) is 0 Å². The van der Waals surface area contributed by atoms with Crippen molar-refractivity contribution in [1.29, 1.82) is 0 Å². The second-order valence-corrected chi connectivity index (χ2v) is 4.52.